The van der Waals surface area contributed by atoms with Gasteiger partial charge in [0.25, 0.3) is 0 Å². The molecule has 0 amide bonds. The first-order chi connectivity index (χ1) is 16.5. The molecule has 0 spiro atoms. The Bertz CT molecular complexity index is 1140. The zero-order valence-corrected chi connectivity index (χ0v) is 19.2. The number of carbonyl (C=O) groups is 1. The molecule has 2 N–H and O–H groups in total. The number of Topliss-reactive ketones (excluding diaryl/α,β-unsaturated/α-hetero) is 1. The van der Waals surface area contributed by atoms with Crippen molar-refractivity contribution in [3.8, 4) is 17.0 Å². The summed E-state index contributed by atoms with van der Waals surface area (Å²) in [6, 6.07) is 13.8. The number of rotatable bonds is 9. The highest BCUT2D eigenvalue weighted by Gasteiger charge is 2.21. The number of ketones is 1. The van der Waals surface area contributed by atoms with Crippen LogP contribution in [0.3, 0.4) is 0 Å². The number of benzene rings is 1. The number of ether oxygens (including phenoxy) is 1. The van der Waals surface area contributed by atoms with E-state index >= 15 is 0 Å². The van der Waals surface area contributed by atoms with Gasteiger partial charge in [-0.2, -0.15) is 8.78 Å². The van der Waals surface area contributed by atoms with Crippen LogP contribution in [0.5, 0.6) is 5.75 Å². The minimum atomic E-state index is -2.87. The number of nitrogens with one attached hydrogen (secondary N) is 2. The molecule has 3 heterocycles. The Morgan fingerprint density at radius 3 is 2.88 bits per heavy atom. The number of piperidine rings is 1. The lowest BCUT2D eigenvalue weighted by molar-refractivity contribution is -0.122. The minimum Gasteiger partial charge on any atom is -0.435 e. The van der Waals surface area contributed by atoms with Crippen molar-refractivity contribution < 1.29 is 18.3 Å². The predicted molar refractivity (Wildman–Crippen MR) is 127 cm³/mol. The summed E-state index contributed by atoms with van der Waals surface area (Å²) >= 11 is 6.41. The summed E-state index contributed by atoms with van der Waals surface area (Å²) in [4.78, 5) is 21.6. The van der Waals surface area contributed by atoms with Gasteiger partial charge in [-0.25, -0.2) is 4.98 Å². The largest absolute Gasteiger partial charge is 0.435 e. The Hall–Kier alpha value is -3.10. The van der Waals surface area contributed by atoms with Gasteiger partial charge in [-0.3, -0.25) is 9.78 Å². The summed E-state index contributed by atoms with van der Waals surface area (Å²) < 4.78 is 29.3. The van der Waals surface area contributed by atoms with Gasteiger partial charge in [-0.1, -0.05) is 29.8 Å². The zero-order chi connectivity index (χ0) is 23.9. The SMILES string of the molecule is O=C(Cc1cc(-c2cccc(NCc3cccc(OC(F)F)c3)n2)c(Cl)cn1)[C@@H]1CCCNC1. The van der Waals surface area contributed by atoms with E-state index in [1.54, 1.807) is 30.5 Å². The van der Waals surface area contributed by atoms with Gasteiger partial charge in [-0.05, 0) is 55.3 Å². The molecule has 1 aliphatic rings. The quantitative estimate of drug-likeness (QED) is 0.437. The summed E-state index contributed by atoms with van der Waals surface area (Å²) in [6.07, 6.45) is 3.71. The molecule has 0 bridgehead atoms. The Balaban J connectivity index is 1.45. The van der Waals surface area contributed by atoms with E-state index in [4.69, 9.17) is 11.6 Å². The average Bonchev–Trinajstić information content (AvgIpc) is 2.84. The first-order valence-corrected chi connectivity index (χ1v) is 11.5. The number of aromatic nitrogens is 2. The van der Waals surface area contributed by atoms with Crippen molar-refractivity contribution in [2.24, 2.45) is 5.92 Å². The maximum absolute atomic E-state index is 12.7. The highest BCUT2D eigenvalue weighted by Crippen LogP contribution is 2.28. The summed E-state index contributed by atoms with van der Waals surface area (Å²) in [6.45, 7) is -0.828. The predicted octanol–water partition coefficient (Wildman–Crippen LogP) is 5.12. The maximum atomic E-state index is 12.7. The van der Waals surface area contributed by atoms with Crippen molar-refractivity contribution in [3.05, 3.63) is 71.0 Å². The van der Waals surface area contributed by atoms with Crippen LogP contribution in [0.15, 0.2) is 54.7 Å². The first kappa shape index (κ1) is 24.0. The molecule has 1 aromatic carbocycles. The van der Waals surface area contributed by atoms with Crippen LogP contribution in [0.1, 0.15) is 24.1 Å². The van der Waals surface area contributed by atoms with Crippen molar-refractivity contribution >= 4 is 23.2 Å². The van der Waals surface area contributed by atoms with E-state index in [1.165, 1.54) is 6.07 Å². The molecule has 1 aliphatic heterocycles. The molecule has 0 aliphatic carbocycles. The topological polar surface area (TPSA) is 76.1 Å². The fraction of sp³-hybridized carbons (Fsp3) is 0.320. The van der Waals surface area contributed by atoms with E-state index in [-0.39, 0.29) is 23.9 Å². The summed E-state index contributed by atoms with van der Waals surface area (Å²) in [7, 11) is 0. The van der Waals surface area contributed by atoms with Crippen LogP contribution in [0.4, 0.5) is 14.6 Å². The van der Waals surface area contributed by atoms with E-state index in [0.29, 0.717) is 40.9 Å². The number of halogens is 3. The van der Waals surface area contributed by atoms with Crippen LogP contribution < -0.4 is 15.4 Å². The maximum Gasteiger partial charge on any atom is 0.387 e. The van der Waals surface area contributed by atoms with Crippen molar-refractivity contribution in [1.29, 1.82) is 0 Å². The third-order valence-electron chi connectivity index (χ3n) is 5.64. The van der Waals surface area contributed by atoms with Crippen LogP contribution in [0, 0.1) is 5.92 Å². The number of hydrogen-bond donors (Lipinski definition) is 2. The van der Waals surface area contributed by atoms with E-state index in [1.807, 2.05) is 18.2 Å². The number of hydrogen-bond acceptors (Lipinski definition) is 6. The lowest BCUT2D eigenvalue weighted by atomic mass is 9.92. The second kappa shape index (κ2) is 11.4. The van der Waals surface area contributed by atoms with Gasteiger partial charge in [0.2, 0.25) is 0 Å². The minimum absolute atomic E-state index is 0.0185. The lowest BCUT2D eigenvalue weighted by Crippen LogP contribution is -2.35. The van der Waals surface area contributed by atoms with E-state index in [2.05, 4.69) is 25.3 Å². The molecular formula is C25H25ClF2N4O2. The van der Waals surface area contributed by atoms with Gasteiger partial charge in [0, 0.05) is 42.9 Å². The highest BCUT2D eigenvalue weighted by atomic mass is 35.5. The fourth-order valence-corrected chi connectivity index (χ4v) is 4.13. The molecular weight excluding hydrogens is 462 g/mol. The van der Waals surface area contributed by atoms with Gasteiger partial charge >= 0.3 is 6.61 Å². The lowest BCUT2D eigenvalue weighted by Gasteiger charge is -2.21. The van der Waals surface area contributed by atoms with Gasteiger partial charge in [0.1, 0.15) is 17.4 Å². The monoisotopic (exact) mass is 486 g/mol. The second-order valence-corrected chi connectivity index (χ2v) is 8.54. The fourth-order valence-electron chi connectivity index (χ4n) is 3.93. The van der Waals surface area contributed by atoms with Crippen molar-refractivity contribution in [1.82, 2.24) is 15.3 Å². The zero-order valence-electron chi connectivity index (χ0n) is 18.4. The molecule has 2 aromatic heterocycles. The molecule has 3 aromatic rings. The molecule has 1 saturated heterocycles. The van der Waals surface area contributed by atoms with Crippen LogP contribution >= 0.6 is 11.6 Å². The van der Waals surface area contributed by atoms with Crippen LogP contribution in [0.2, 0.25) is 5.02 Å². The molecule has 34 heavy (non-hydrogen) atoms. The Morgan fingerprint density at radius 2 is 2.09 bits per heavy atom. The third kappa shape index (κ3) is 6.48. The number of carbonyl (C=O) groups excluding carboxylic acids is 1. The smallest absolute Gasteiger partial charge is 0.387 e. The van der Waals surface area contributed by atoms with Gasteiger partial charge in [0.15, 0.2) is 0 Å². The van der Waals surface area contributed by atoms with Crippen molar-refractivity contribution in [3.63, 3.8) is 0 Å². The van der Waals surface area contributed by atoms with Gasteiger partial charge in [-0.15, -0.1) is 0 Å². The van der Waals surface area contributed by atoms with Gasteiger partial charge < -0.3 is 15.4 Å². The van der Waals surface area contributed by atoms with Gasteiger partial charge in [0.05, 0.1) is 10.7 Å². The Morgan fingerprint density at radius 1 is 1.24 bits per heavy atom. The number of anilines is 1. The van der Waals surface area contributed by atoms with Crippen LogP contribution in [-0.4, -0.2) is 35.5 Å². The molecule has 4 rings (SSSR count). The summed E-state index contributed by atoms with van der Waals surface area (Å²) in [5.74, 6) is 0.890. The third-order valence-corrected chi connectivity index (χ3v) is 5.94. The standard InChI is InChI=1S/C25H25ClF2N4O2/c26-21-15-30-18(12-23(33)17-5-3-9-29-14-17)11-20(21)22-7-2-8-24(32-22)31-13-16-4-1-6-19(10-16)34-25(27)28/h1-2,4,6-8,10-11,15,17,25,29H,3,5,9,12-14H2,(H,31,32)/t17-/m1/s1. The van der Waals surface area contributed by atoms with Crippen LogP contribution in [-0.2, 0) is 17.8 Å². The molecule has 1 fully saturated rings. The Kier molecular flexibility index (Phi) is 8.03. The molecule has 0 saturated carbocycles. The van der Waals surface area contributed by atoms with E-state index in [9.17, 15) is 13.6 Å². The number of pyridine rings is 2. The normalized spacial score (nSPS) is 15.8. The van der Waals surface area contributed by atoms with Crippen LogP contribution in [0.25, 0.3) is 11.3 Å². The molecule has 1 atom stereocenters. The molecule has 178 valence electrons. The molecule has 6 nitrogen and oxygen atoms in total. The summed E-state index contributed by atoms with van der Waals surface area (Å²) in [5, 5.41) is 6.90. The second-order valence-electron chi connectivity index (χ2n) is 8.13. The van der Waals surface area contributed by atoms with Crippen molar-refractivity contribution in [2.45, 2.75) is 32.4 Å². The average molecular weight is 487 g/mol. The molecule has 0 radical (unpaired) electrons. The molecule has 9 heteroatoms. The van der Waals surface area contributed by atoms with E-state index in [0.717, 1.165) is 24.9 Å². The number of alkyl halides is 2. The summed E-state index contributed by atoms with van der Waals surface area (Å²) in [5.41, 5.74) is 2.76. The van der Waals surface area contributed by atoms with E-state index < -0.39 is 6.61 Å². The van der Waals surface area contributed by atoms with Crippen molar-refractivity contribution in [2.75, 3.05) is 18.4 Å². The number of nitrogens with zero attached hydrogens (tertiary/aromatic N) is 2. The molecule has 0 unspecified atom stereocenters. The highest BCUT2D eigenvalue weighted by molar-refractivity contribution is 6.33. The first-order valence-electron chi connectivity index (χ1n) is 11.1. The Labute approximate surface area is 201 Å².